The standard InChI is InChI=1S/C13H21N3O2/c1-9-3-6-16(7-4-9)13-14-10(2)11(5-8-17)12(18)15-13/h9,17H,3-8H2,1-2H3,(H,14,15,18). The summed E-state index contributed by atoms with van der Waals surface area (Å²) in [5.41, 5.74) is 1.19. The summed E-state index contributed by atoms with van der Waals surface area (Å²) in [6, 6.07) is 0. The minimum atomic E-state index is -0.120. The molecule has 1 aromatic heterocycles. The minimum Gasteiger partial charge on any atom is -0.396 e. The van der Waals surface area contributed by atoms with E-state index in [-0.39, 0.29) is 12.2 Å². The van der Waals surface area contributed by atoms with Gasteiger partial charge in [-0.05, 0) is 25.7 Å². The minimum absolute atomic E-state index is 0.0217. The van der Waals surface area contributed by atoms with Crippen LogP contribution < -0.4 is 10.5 Å². The molecule has 5 heteroatoms. The second-order valence-electron chi connectivity index (χ2n) is 5.10. The third-order valence-electron chi connectivity index (χ3n) is 3.65. The Morgan fingerprint density at radius 2 is 2.11 bits per heavy atom. The fraction of sp³-hybridized carbons (Fsp3) is 0.692. The fourth-order valence-electron chi connectivity index (χ4n) is 2.37. The number of aliphatic hydroxyl groups excluding tert-OH is 1. The number of hydrogen-bond donors (Lipinski definition) is 2. The quantitative estimate of drug-likeness (QED) is 0.835. The molecule has 18 heavy (non-hydrogen) atoms. The van der Waals surface area contributed by atoms with Gasteiger partial charge < -0.3 is 10.0 Å². The van der Waals surface area contributed by atoms with Crippen molar-refractivity contribution in [1.29, 1.82) is 0 Å². The van der Waals surface area contributed by atoms with E-state index in [0.29, 0.717) is 17.9 Å². The number of aromatic nitrogens is 2. The van der Waals surface area contributed by atoms with Crippen LogP contribution in [0.15, 0.2) is 4.79 Å². The van der Waals surface area contributed by atoms with Gasteiger partial charge in [0.1, 0.15) is 0 Å². The van der Waals surface area contributed by atoms with Crippen LogP contribution in [-0.2, 0) is 6.42 Å². The Labute approximate surface area is 107 Å². The van der Waals surface area contributed by atoms with Gasteiger partial charge in [0.25, 0.3) is 5.56 Å². The van der Waals surface area contributed by atoms with Crippen molar-refractivity contribution >= 4 is 5.95 Å². The molecule has 0 radical (unpaired) electrons. The highest BCUT2D eigenvalue weighted by Crippen LogP contribution is 2.19. The molecule has 5 nitrogen and oxygen atoms in total. The average molecular weight is 251 g/mol. The summed E-state index contributed by atoms with van der Waals surface area (Å²) in [7, 11) is 0. The maximum atomic E-state index is 11.9. The average Bonchev–Trinajstić information content (AvgIpc) is 2.34. The van der Waals surface area contributed by atoms with E-state index in [1.807, 2.05) is 6.92 Å². The first-order valence-electron chi connectivity index (χ1n) is 6.57. The van der Waals surface area contributed by atoms with Crippen LogP contribution in [0.5, 0.6) is 0 Å². The van der Waals surface area contributed by atoms with E-state index >= 15 is 0 Å². The summed E-state index contributed by atoms with van der Waals surface area (Å²) < 4.78 is 0. The van der Waals surface area contributed by atoms with Crippen molar-refractivity contribution in [2.45, 2.75) is 33.1 Å². The van der Waals surface area contributed by atoms with Crippen LogP contribution in [0.4, 0.5) is 5.95 Å². The largest absolute Gasteiger partial charge is 0.396 e. The summed E-state index contributed by atoms with van der Waals surface area (Å²) in [5.74, 6) is 1.42. The predicted molar refractivity (Wildman–Crippen MR) is 71.0 cm³/mol. The number of aliphatic hydroxyl groups is 1. The molecule has 0 amide bonds. The Morgan fingerprint density at radius 3 is 2.67 bits per heavy atom. The molecule has 1 aromatic rings. The Morgan fingerprint density at radius 1 is 1.44 bits per heavy atom. The maximum Gasteiger partial charge on any atom is 0.255 e. The van der Waals surface area contributed by atoms with Gasteiger partial charge in [-0.3, -0.25) is 9.78 Å². The molecule has 2 N–H and O–H groups in total. The van der Waals surface area contributed by atoms with Crippen LogP contribution >= 0.6 is 0 Å². The molecule has 2 rings (SSSR count). The van der Waals surface area contributed by atoms with Crippen LogP contribution in [0.25, 0.3) is 0 Å². The van der Waals surface area contributed by atoms with Gasteiger partial charge in [0.05, 0.1) is 5.69 Å². The molecule has 1 saturated heterocycles. The number of H-pyrrole nitrogens is 1. The first-order valence-corrected chi connectivity index (χ1v) is 6.57. The molecule has 0 aromatic carbocycles. The molecule has 0 atom stereocenters. The monoisotopic (exact) mass is 251 g/mol. The van der Waals surface area contributed by atoms with Crippen molar-refractivity contribution in [3.63, 3.8) is 0 Å². The second-order valence-corrected chi connectivity index (χ2v) is 5.10. The topological polar surface area (TPSA) is 69.2 Å². The molecule has 1 aliphatic heterocycles. The Balaban J connectivity index is 2.22. The summed E-state index contributed by atoms with van der Waals surface area (Å²) in [4.78, 5) is 21.4. The number of aryl methyl sites for hydroxylation is 1. The van der Waals surface area contributed by atoms with Crippen LogP contribution in [0.3, 0.4) is 0 Å². The first kappa shape index (κ1) is 13.1. The number of anilines is 1. The van der Waals surface area contributed by atoms with E-state index in [1.54, 1.807) is 0 Å². The van der Waals surface area contributed by atoms with Gasteiger partial charge in [-0.15, -0.1) is 0 Å². The van der Waals surface area contributed by atoms with Crippen molar-refractivity contribution in [2.75, 3.05) is 24.6 Å². The molecule has 0 aliphatic carbocycles. The third-order valence-corrected chi connectivity index (χ3v) is 3.65. The molecule has 1 aliphatic rings. The van der Waals surface area contributed by atoms with Crippen molar-refractivity contribution in [3.05, 3.63) is 21.6 Å². The summed E-state index contributed by atoms with van der Waals surface area (Å²) in [6.07, 6.45) is 2.65. The Bertz CT molecular complexity index is 462. The van der Waals surface area contributed by atoms with E-state index in [1.165, 1.54) is 0 Å². The highest BCUT2D eigenvalue weighted by Gasteiger charge is 2.18. The van der Waals surface area contributed by atoms with E-state index in [2.05, 4.69) is 21.8 Å². The lowest BCUT2D eigenvalue weighted by Crippen LogP contribution is -2.36. The van der Waals surface area contributed by atoms with Gasteiger partial charge in [-0.1, -0.05) is 6.92 Å². The molecular weight excluding hydrogens is 230 g/mol. The SMILES string of the molecule is Cc1nc(N2CCC(C)CC2)[nH]c(=O)c1CCO. The van der Waals surface area contributed by atoms with Crippen molar-refractivity contribution in [1.82, 2.24) is 9.97 Å². The summed E-state index contributed by atoms with van der Waals surface area (Å²) in [6.45, 7) is 5.96. The Hall–Kier alpha value is -1.36. The van der Waals surface area contributed by atoms with Crippen LogP contribution in [0.1, 0.15) is 31.0 Å². The zero-order valence-electron chi connectivity index (χ0n) is 11.1. The molecule has 0 unspecified atom stereocenters. The van der Waals surface area contributed by atoms with Crippen molar-refractivity contribution in [2.24, 2.45) is 5.92 Å². The van der Waals surface area contributed by atoms with E-state index < -0.39 is 0 Å². The second kappa shape index (κ2) is 5.52. The van der Waals surface area contributed by atoms with Gasteiger partial charge in [0.15, 0.2) is 0 Å². The fourth-order valence-corrected chi connectivity index (χ4v) is 2.37. The zero-order chi connectivity index (χ0) is 13.1. The zero-order valence-corrected chi connectivity index (χ0v) is 11.1. The van der Waals surface area contributed by atoms with E-state index in [9.17, 15) is 4.79 Å². The molecule has 2 heterocycles. The lowest BCUT2D eigenvalue weighted by molar-refractivity contribution is 0.298. The van der Waals surface area contributed by atoms with Gasteiger partial charge in [0, 0.05) is 31.7 Å². The van der Waals surface area contributed by atoms with Gasteiger partial charge in [0.2, 0.25) is 5.95 Å². The molecule has 1 fully saturated rings. The van der Waals surface area contributed by atoms with Gasteiger partial charge in [-0.25, -0.2) is 4.98 Å². The molecule has 0 saturated carbocycles. The predicted octanol–water partition coefficient (Wildman–Crippen LogP) is 0.849. The number of aromatic amines is 1. The van der Waals surface area contributed by atoms with E-state index in [4.69, 9.17) is 5.11 Å². The number of nitrogens with one attached hydrogen (secondary N) is 1. The van der Waals surface area contributed by atoms with Crippen molar-refractivity contribution < 1.29 is 5.11 Å². The summed E-state index contributed by atoms with van der Waals surface area (Å²) >= 11 is 0. The number of hydrogen-bond acceptors (Lipinski definition) is 4. The number of piperidine rings is 1. The van der Waals surface area contributed by atoms with Crippen molar-refractivity contribution in [3.8, 4) is 0 Å². The van der Waals surface area contributed by atoms with Crippen LogP contribution in [0.2, 0.25) is 0 Å². The van der Waals surface area contributed by atoms with Crippen LogP contribution in [0, 0.1) is 12.8 Å². The smallest absolute Gasteiger partial charge is 0.255 e. The molecular formula is C13H21N3O2. The molecule has 0 bridgehead atoms. The first-order chi connectivity index (χ1) is 8.61. The third kappa shape index (κ3) is 2.72. The van der Waals surface area contributed by atoms with Crippen LogP contribution in [-0.4, -0.2) is 34.8 Å². The van der Waals surface area contributed by atoms with Gasteiger partial charge in [-0.2, -0.15) is 0 Å². The maximum absolute atomic E-state index is 11.9. The molecule has 100 valence electrons. The lowest BCUT2D eigenvalue weighted by atomic mass is 10.00. The normalized spacial score (nSPS) is 17.2. The number of nitrogens with zero attached hydrogens (tertiary/aromatic N) is 2. The van der Waals surface area contributed by atoms with E-state index in [0.717, 1.165) is 37.5 Å². The highest BCUT2D eigenvalue weighted by atomic mass is 16.3. The highest BCUT2D eigenvalue weighted by molar-refractivity contribution is 5.33. The number of rotatable bonds is 3. The Kier molecular flexibility index (Phi) is 4.01. The summed E-state index contributed by atoms with van der Waals surface area (Å²) in [5, 5.41) is 8.92. The lowest BCUT2D eigenvalue weighted by Gasteiger charge is -2.30. The van der Waals surface area contributed by atoms with Gasteiger partial charge >= 0.3 is 0 Å². The molecule has 0 spiro atoms.